The maximum Gasteiger partial charge on any atom is 0.224 e. The molecule has 0 bridgehead atoms. The first kappa shape index (κ1) is 24.3. The van der Waals surface area contributed by atoms with Gasteiger partial charge in [-0.1, -0.05) is 29.3 Å². The molecule has 1 heterocycles. The SMILES string of the molecule is COc1ccc(C(=O)c2cc(CC(=O)NCC(C)(C)N)c(-c3ccc(Cl)c(Cl)c3)s2)cc1. The van der Waals surface area contributed by atoms with Crippen LogP contribution >= 0.6 is 34.5 Å². The van der Waals surface area contributed by atoms with Gasteiger partial charge in [0, 0.05) is 22.5 Å². The molecule has 3 rings (SSSR count). The lowest BCUT2D eigenvalue weighted by Gasteiger charge is -2.18. The number of ether oxygens (including phenoxy) is 1. The molecule has 2 aromatic carbocycles. The van der Waals surface area contributed by atoms with Crippen LogP contribution in [0.1, 0.15) is 34.6 Å². The van der Waals surface area contributed by atoms with Crippen LogP contribution in [-0.2, 0) is 11.2 Å². The van der Waals surface area contributed by atoms with E-state index in [0.29, 0.717) is 32.8 Å². The van der Waals surface area contributed by atoms with Gasteiger partial charge in [-0.05, 0) is 67.4 Å². The van der Waals surface area contributed by atoms with Crippen molar-refractivity contribution >= 4 is 46.2 Å². The Hall–Kier alpha value is -2.38. The highest BCUT2D eigenvalue weighted by Gasteiger charge is 2.21. The Labute approximate surface area is 201 Å². The lowest BCUT2D eigenvalue weighted by Crippen LogP contribution is -2.45. The Morgan fingerprint density at radius 3 is 2.34 bits per heavy atom. The van der Waals surface area contributed by atoms with Gasteiger partial charge in [0.2, 0.25) is 11.7 Å². The topological polar surface area (TPSA) is 81.4 Å². The zero-order valence-electron chi connectivity index (χ0n) is 18.0. The van der Waals surface area contributed by atoms with Gasteiger partial charge in [-0.3, -0.25) is 9.59 Å². The minimum absolute atomic E-state index is 0.109. The van der Waals surface area contributed by atoms with Crippen molar-refractivity contribution in [1.29, 1.82) is 0 Å². The Morgan fingerprint density at radius 2 is 1.75 bits per heavy atom. The van der Waals surface area contributed by atoms with E-state index in [-0.39, 0.29) is 18.1 Å². The number of amides is 1. The molecule has 0 radical (unpaired) electrons. The van der Waals surface area contributed by atoms with Crippen LogP contribution < -0.4 is 15.8 Å². The van der Waals surface area contributed by atoms with E-state index in [9.17, 15) is 9.59 Å². The van der Waals surface area contributed by atoms with Crippen molar-refractivity contribution < 1.29 is 14.3 Å². The number of methoxy groups -OCH3 is 1. The summed E-state index contributed by atoms with van der Waals surface area (Å²) in [6, 6.07) is 13.9. The van der Waals surface area contributed by atoms with Crippen LogP contribution in [0, 0.1) is 0 Å². The van der Waals surface area contributed by atoms with Gasteiger partial charge >= 0.3 is 0 Å². The smallest absolute Gasteiger partial charge is 0.224 e. The van der Waals surface area contributed by atoms with E-state index in [1.807, 2.05) is 19.9 Å². The standard InChI is InChI=1S/C24H24Cl2N2O3S/c1-24(2,27)13-28-21(29)12-16-11-20(22(30)14-4-7-17(31-3)8-5-14)32-23(16)15-6-9-18(25)19(26)10-15/h4-11H,12-13,27H2,1-3H3,(H,28,29). The fourth-order valence-electron chi connectivity index (χ4n) is 3.00. The fraction of sp³-hybridized carbons (Fsp3) is 0.250. The number of hydrogen-bond donors (Lipinski definition) is 2. The third-order valence-electron chi connectivity index (χ3n) is 4.66. The van der Waals surface area contributed by atoms with Crippen LogP contribution in [0.25, 0.3) is 10.4 Å². The molecule has 0 saturated carbocycles. The summed E-state index contributed by atoms with van der Waals surface area (Å²) in [7, 11) is 1.57. The first-order valence-corrected chi connectivity index (χ1v) is 11.5. The second-order valence-electron chi connectivity index (χ2n) is 8.09. The van der Waals surface area contributed by atoms with Gasteiger partial charge in [0.1, 0.15) is 5.75 Å². The van der Waals surface area contributed by atoms with Gasteiger partial charge in [0.25, 0.3) is 0 Å². The Bertz CT molecular complexity index is 1140. The van der Waals surface area contributed by atoms with Crippen molar-refractivity contribution in [3.05, 3.63) is 74.6 Å². The van der Waals surface area contributed by atoms with Gasteiger partial charge in [0.05, 0.1) is 28.5 Å². The molecule has 0 aliphatic heterocycles. The van der Waals surface area contributed by atoms with E-state index in [4.69, 9.17) is 33.7 Å². The highest BCUT2D eigenvalue weighted by Crippen LogP contribution is 2.37. The van der Waals surface area contributed by atoms with Gasteiger partial charge < -0.3 is 15.8 Å². The van der Waals surface area contributed by atoms with Crippen molar-refractivity contribution in [3.63, 3.8) is 0 Å². The number of benzene rings is 2. The number of carbonyl (C=O) groups is 2. The zero-order chi connectivity index (χ0) is 23.5. The molecule has 8 heteroatoms. The minimum atomic E-state index is -0.521. The van der Waals surface area contributed by atoms with Crippen molar-refractivity contribution in [2.75, 3.05) is 13.7 Å². The van der Waals surface area contributed by atoms with Gasteiger partial charge in [-0.2, -0.15) is 0 Å². The van der Waals surface area contributed by atoms with Crippen molar-refractivity contribution in [1.82, 2.24) is 5.32 Å². The molecule has 1 aromatic heterocycles. The summed E-state index contributed by atoms with van der Waals surface area (Å²) in [6.45, 7) is 4.02. The average molecular weight is 491 g/mol. The average Bonchev–Trinajstić information content (AvgIpc) is 3.17. The molecule has 0 aliphatic carbocycles. The van der Waals surface area contributed by atoms with Crippen LogP contribution in [0.5, 0.6) is 5.75 Å². The predicted octanol–water partition coefficient (Wildman–Crippen LogP) is 5.36. The van der Waals surface area contributed by atoms with E-state index < -0.39 is 5.54 Å². The summed E-state index contributed by atoms with van der Waals surface area (Å²) in [5, 5.41) is 3.69. The van der Waals surface area contributed by atoms with E-state index >= 15 is 0 Å². The Balaban J connectivity index is 1.95. The summed E-state index contributed by atoms with van der Waals surface area (Å²) in [4.78, 5) is 27.0. The molecule has 168 valence electrons. The van der Waals surface area contributed by atoms with E-state index in [1.165, 1.54) is 11.3 Å². The van der Waals surface area contributed by atoms with Crippen molar-refractivity contribution in [2.24, 2.45) is 5.73 Å². The highest BCUT2D eigenvalue weighted by molar-refractivity contribution is 7.17. The summed E-state index contributed by atoms with van der Waals surface area (Å²) >= 11 is 13.6. The number of nitrogens with two attached hydrogens (primary N) is 1. The van der Waals surface area contributed by atoms with Crippen LogP contribution in [0.2, 0.25) is 10.0 Å². The molecule has 0 spiro atoms. The lowest BCUT2D eigenvalue weighted by molar-refractivity contribution is -0.120. The quantitative estimate of drug-likeness (QED) is 0.416. The molecule has 3 aromatic rings. The van der Waals surface area contributed by atoms with E-state index in [0.717, 1.165) is 16.0 Å². The molecule has 0 atom stereocenters. The van der Waals surface area contributed by atoms with Gasteiger partial charge in [-0.15, -0.1) is 11.3 Å². The maximum absolute atomic E-state index is 13.1. The first-order chi connectivity index (χ1) is 15.1. The molecule has 0 saturated heterocycles. The highest BCUT2D eigenvalue weighted by atomic mass is 35.5. The summed E-state index contributed by atoms with van der Waals surface area (Å²) < 4.78 is 5.16. The van der Waals surface area contributed by atoms with Crippen molar-refractivity contribution in [3.8, 4) is 16.2 Å². The third kappa shape index (κ3) is 6.11. The number of hydrogen-bond acceptors (Lipinski definition) is 5. The predicted molar refractivity (Wildman–Crippen MR) is 131 cm³/mol. The van der Waals surface area contributed by atoms with Crippen molar-refractivity contribution in [2.45, 2.75) is 25.8 Å². The van der Waals surface area contributed by atoms with Crippen LogP contribution in [0.4, 0.5) is 0 Å². The Morgan fingerprint density at radius 1 is 1.06 bits per heavy atom. The zero-order valence-corrected chi connectivity index (χ0v) is 20.3. The third-order valence-corrected chi connectivity index (χ3v) is 6.62. The number of halogens is 2. The molecule has 1 amide bonds. The molecule has 0 fully saturated rings. The molecule has 3 N–H and O–H groups in total. The first-order valence-electron chi connectivity index (χ1n) is 9.90. The number of rotatable bonds is 8. The molecular formula is C24H24Cl2N2O3S. The molecule has 0 aliphatic rings. The second kappa shape index (κ2) is 10.0. The number of carbonyl (C=O) groups excluding carboxylic acids is 2. The van der Waals surface area contributed by atoms with Crippen LogP contribution in [0.3, 0.4) is 0 Å². The normalized spacial score (nSPS) is 11.3. The largest absolute Gasteiger partial charge is 0.497 e. The summed E-state index contributed by atoms with van der Waals surface area (Å²) in [5.41, 5.74) is 7.50. The second-order valence-corrected chi connectivity index (χ2v) is 9.96. The minimum Gasteiger partial charge on any atom is -0.497 e. The van der Waals surface area contributed by atoms with Crippen LogP contribution in [0.15, 0.2) is 48.5 Å². The molecule has 32 heavy (non-hydrogen) atoms. The van der Waals surface area contributed by atoms with Gasteiger partial charge in [0.15, 0.2) is 0 Å². The summed E-state index contributed by atoms with van der Waals surface area (Å²) in [6.07, 6.45) is 0.109. The summed E-state index contributed by atoms with van der Waals surface area (Å²) in [5.74, 6) is 0.365. The van der Waals surface area contributed by atoms with E-state index in [2.05, 4.69) is 5.32 Å². The fourth-order valence-corrected chi connectivity index (χ4v) is 4.44. The monoisotopic (exact) mass is 490 g/mol. The van der Waals surface area contributed by atoms with E-state index in [1.54, 1.807) is 49.6 Å². The number of ketones is 1. The molecule has 0 unspecified atom stereocenters. The van der Waals surface area contributed by atoms with Gasteiger partial charge in [-0.25, -0.2) is 0 Å². The van der Waals surface area contributed by atoms with Crippen LogP contribution in [-0.4, -0.2) is 30.9 Å². The lowest BCUT2D eigenvalue weighted by atomic mass is 10.0. The maximum atomic E-state index is 13.1. The number of thiophene rings is 1. The molecule has 5 nitrogen and oxygen atoms in total. The Kier molecular flexibility index (Phi) is 7.62. The molecular weight excluding hydrogens is 467 g/mol. The number of nitrogens with one attached hydrogen (secondary N) is 1.